The number of ether oxygens (including phenoxy) is 2. The van der Waals surface area contributed by atoms with Crippen LogP contribution >= 0.6 is 0 Å². The van der Waals surface area contributed by atoms with Crippen molar-refractivity contribution in [2.24, 2.45) is 0 Å². The van der Waals surface area contributed by atoms with E-state index in [0.29, 0.717) is 0 Å². The van der Waals surface area contributed by atoms with Crippen molar-refractivity contribution >= 4 is 5.52 Å². The Kier molecular flexibility index (Phi) is 2.70. The minimum Gasteiger partial charge on any atom is -0.497 e. The van der Waals surface area contributed by atoms with Crippen LogP contribution in [0, 0.1) is 0 Å². The number of aromatic nitrogens is 2. The van der Waals surface area contributed by atoms with Crippen molar-refractivity contribution in [1.82, 2.24) is 14.7 Å². The maximum absolute atomic E-state index is 5.71. The van der Waals surface area contributed by atoms with E-state index in [9.17, 15) is 0 Å². The van der Waals surface area contributed by atoms with E-state index in [0.717, 1.165) is 36.8 Å². The van der Waals surface area contributed by atoms with Gasteiger partial charge in [-0.1, -0.05) is 0 Å². The summed E-state index contributed by atoms with van der Waals surface area (Å²) >= 11 is 0. The summed E-state index contributed by atoms with van der Waals surface area (Å²) in [5, 5.41) is 3.31. The molecule has 5 heteroatoms. The molecule has 3 rings (SSSR count). The molecule has 90 valence electrons. The number of pyridine rings is 1. The first-order chi connectivity index (χ1) is 8.38. The highest BCUT2D eigenvalue weighted by molar-refractivity contribution is 5.50. The van der Waals surface area contributed by atoms with Gasteiger partial charge >= 0.3 is 0 Å². The van der Waals surface area contributed by atoms with Crippen molar-refractivity contribution in [3.63, 3.8) is 0 Å². The number of rotatable bonds is 2. The molecule has 0 bridgehead atoms. The number of imidazole rings is 1. The van der Waals surface area contributed by atoms with E-state index >= 15 is 0 Å². The zero-order chi connectivity index (χ0) is 11.7. The number of hydrogen-bond acceptors (Lipinski definition) is 4. The number of nitrogens with one attached hydrogen (secondary N) is 1. The smallest absolute Gasteiger partial charge is 0.143 e. The Hall–Kier alpha value is -1.59. The first-order valence-electron chi connectivity index (χ1n) is 5.72. The monoisotopic (exact) mass is 233 g/mol. The van der Waals surface area contributed by atoms with Crippen molar-refractivity contribution < 1.29 is 9.47 Å². The van der Waals surface area contributed by atoms with Gasteiger partial charge < -0.3 is 19.2 Å². The Balaban J connectivity index is 1.99. The minimum absolute atomic E-state index is 0.0274. The van der Waals surface area contributed by atoms with E-state index in [4.69, 9.17) is 9.47 Å². The summed E-state index contributed by atoms with van der Waals surface area (Å²) in [7, 11) is 1.66. The molecule has 1 unspecified atom stereocenters. The lowest BCUT2D eigenvalue weighted by atomic mass is 10.3. The van der Waals surface area contributed by atoms with E-state index in [2.05, 4.69) is 10.3 Å². The summed E-state index contributed by atoms with van der Waals surface area (Å²) < 4.78 is 12.9. The van der Waals surface area contributed by atoms with Crippen LogP contribution < -0.4 is 10.1 Å². The highest BCUT2D eigenvalue weighted by Gasteiger charge is 2.20. The third-order valence-electron chi connectivity index (χ3n) is 2.98. The lowest BCUT2D eigenvalue weighted by molar-refractivity contribution is 0.0218. The largest absolute Gasteiger partial charge is 0.497 e. The Morgan fingerprint density at radius 2 is 2.53 bits per heavy atom. The summed E-state index contributed by atoms with van der Waals surface area (Å²) in [6.07, 6.45) is 3.84. The van der Waals surface area contributed by atoms with Crippen molar-refractivity contribution in [3.05, 3.63) is 30.4 Å². The molecule has 0 saturated carbocycles. The van der Waals surface area contributed by atoms with Gasteiger partial charge in [0.25, 0.3) is 0 Å². The van der Waals surface area contributed by atoms with E-state index in [-0.39, 0.29) is 6.10 Å². The molecule has 0 aromatic carbocycles. The van der Waals surface area contributed by atoms with Crippen LogP contribution in [0.4, 0.5) is 0 Å². The Morgan fingerprint density at radius 3 is 3.29 bits per heavy atom. The summed E-state index contributed by atoms with van der Waals surface area (Å²) in [6.45, 7) is 2.45. The van der Waals surface area contributed by atoms with Crippen LogP contribution in [0.5, 0.6) is 5.75 Å². The maximum atomic E-state index is 5.71. The molecule has 1 atom stereocenters. The van der Waals surface area contributed by atoms with Gasteiger partial charge in [0.15, 0.2) is 0 Å². The lowest BCUT2D eigenvalue weighted by Gasteiger charge is -2.22. The zero-order valence-electron chi connectivity index (χ0n) is 9.72. The van der Waals surface area contributed by atoms with Crippen LogP contribution in [0.3, 0.4) is 0 Å². The normalized spacial score (nSPS) is 20.6. The van der Waals surface area contributed by atoms with E-state index < -0.39 is 0 Å². The van der Waals surface area contributed by atoms with Crippen molar-refractivity contribution in [2.75, 3.05) is 26.8 Å². The van der Waals surface area contributed by atoms with Gasteiger partial charge in [-0.2, -0.15) is 0 Å². The summed E-state index contributed by atoms with van der Waals surface area (Å²) in [4.78, 5) is 4.44. The van der Waals surface area contributed by atoms with E-state index in [1.54, 1.807) is 7.11 Å². The first kappa shape index (κ1) is 10.6. The second kappa shape index (κ2) is 4.35. The average Bonchev–Trinajstić information content (AvgIpc) is 2.82. The van der Waals surface area contributed by atoms with Crippen LogP contribution in [-0.2, 0) is 4.74 Å². The quantitative estimate of drug-likeness (QED) is 0.840. The molecule has 1 N–H and O–H groups in total. The molecule has 0 radical (unpaired) electrons. The van der Waals surface area contributed by atoms with Gasteiger partial charge in [-0.15, -0.1) is 0 Å². The van der Waals surface area contributed by atoms with E-state index in [1.165, 1.54) is 0 Å². The van der Waals surface area contributed by atoms with Crippen LogP contribution in [-0.4, -0.2) is 36.2 Å². The Bertz CT molecular complexity index is 517. The third kappa shape index (κ3) is 1.87. The van der Waals surface area contributed by atoms with Gasteiger partial charge in [-0.25, -0.2) is 4.98 Å². The molecular formula is C12H15N3O2. The predicted molar refractivity (Wildman–Crippen MR) is 63.3 cm³/mol. The van der Waals surface area contributed by atoms with Crippen LogP contribution in [0.15, 0.2) is 24.5 Å². The first-order valence-corrected chi connectivity index (χ1v) is 5.72. The molecule has 17 heavy (non-hydrogen) atoms. The molecule has 1 saturated heterocycles. The molecule has 2 aromatic rings. The summed E-state index contributed by atoms with van der Waals surface area (Å²) in [5.74, 6) is 1.78. The molecule has 1 aliphatic heterocycles. The van der Waals surface area contributed by atoms with Crippen molar-refractivity contribution in [1.29, 1.82) is 0 Å². The molecule has 5 nitrogen and oxygen atoms in total. The van der Waals surface area contributed by atoms with Crippen LogP contribution in [0.1, 0.15) is 11.9 Å². The number of fused-ring (bicyclic) bond motifs is 1. The molecule has 2 aromatic heterocycles. The fraction of sp³-hybridized carbons (Fsp3) is 0.417. The second-order valence-electron chi connectivity index (χ2n) is 4.04. The standard InChI is InChI=1S/C12H15N3O2/c1-16-10-2-4-15-9(6-10)7-14-12(15)11-8-13-3-5-17-11/h2,4,6-7,11,13H,3,5,8H2,1H3. The zero-order valence-corrected chi connectivity index (χ0v) is 9.72. The maximum Gasteiger partial charge on any atom is 0.143 e. The topological polar surface area (TPSA) is 47.8 Å². The van der Waals surface area contributed by atoms with Gasteiger partial charge in [0.05, 0.1) is 25.4 Å². The van der Waals surface area contributed by atoms with E-state index in [1.807, 2.05) is 28.9 Å². The number of methoxy groups -OCH3 is 1. The molecule has 0 aliphatic carbocycles. The Morgan fingerprint density at radius 1 is 1.59 bits per heavy atom. The molecule has 0 spiro atoms. The average molecular weight is 233 g/mol. The lowest BCUT2D eigenvalue weighted by Crippen LogP contribution is -2.34. The molecule has 1 fully saturated rings. The second-order valence-corrected chi connectivity index (χ2v) is 4.04. The van der Waals surface area contributed by atoms with Crippen molar-refractivity contribution in [3.8, 4) is 5.75 Å². The van der Waals surface area contributed by atoms with Gasteiger partial charge in [-0.3, -0.25) is 0 Å². The molecule has 0 amide bonds. The minimum atomic E-state index is 0.0274. The fourth-order valence-corrected chi connectivity index (χ4v) is 2.10. The van der Waals surface area contributed by atoms with Gasteiger partial charge in [0, 0.05) is 25.4 Å². The van der Waals surface area contributed by atoms with Crippen molar-refractivity contribution in [2.45, 2.75) is 6.10 Å². The van der Waals surface area contributed by atoms with Crippen LogP contribution in [0.2, 0.25) is 0 Å². The number of nitrogens with zero attached hydrogens (tertiary/aromatic N) is 2. The predicted octanol–water partition coefficient (Wildman–Crippen LogP) is 1.00. The summed E-state index contributed by atoms with van der Waals surface area (Å²) in [6, 6.07) is 3.89. The van der Waals surface area contributed by atoms with Gasteiger partial charge in [0.2, 0.25) is 0 Å². The Labute approximate surface area is 99.4 Å². The molecule has 3 heterocycles. The SMILES string of the molecule is COc1ccn2c(C3CNCCO3)ncc2c1. The molecule has 1 aliphatic rings. The number of hydrogen-bond donors (Lipinski definition) is 1. The summed E-state index contributed by atoms with van der Waals surface area (Å²) in [5.41, 5.74) is 1.02. The van der Waals surface area contributed by atoms with Gasteiger partial charge in [0.1, 0.15) is 17.7 Å². The highest BCUT2D eigenvalue weighted by atomic mass is 16.5. The molecular weight excluding hydrogens is 218 g/mol. The number of morpholine rings is 1. The third-order valence-corrected chi connectivity index (χ3v) is 2.98. The van der Waals surface area contributed by atoms with Gasteiger partial charge in [-0.05, 0) is 6.07 Å². The fourth-order valence-electron chi connectivity index (χ4n) is 2.10. The highest BCUT2D eigenvalue weighted by Crippen LogP contribution is 2.21. The van der Waals surface area contributed by atoms with Crippen LogP contribution in [0.25, 0.3) is 5.52 Å².